The van der Waals surface area contributed by atoms with E-state index in [1.807, 2.05) is 45.3 Å². The van der Waals surface area contributed by atoms with Crippen molar-refractivity contribution in [3.05, 3.63) is 58.1 Å². The van der Waals surface area contributed by atoms with Crippen molar-refractivity contribution >= 4 is 49.6 Å². The van der Waals surface area contributed by atoms with Gasteiger partial charge in [0, 0.05) is 78.0 Å². The fourth-order valence-electron chi connectivity index (χ4n) is 4.80. The maximum Gasteiger partial charge on any atom is 0.219 e. The number of ether oxygens (including phenoxy) is 2. The van der Waals surface area contributed by atoms with Crippen LogP contribution in [0.15, 0.2) is 41.1 Å². The lowest BCUT2D eigenvalue weighted by Crippen LogP contribution is -2.27. The van der Waals surface area contributed by atoms with Crippen LogP contribution in [0.1, 0.15) is 76.8 Å². The van der Waals surface area contributed by atoms with Crippen molar-refractivity contribution in [2.45, 2.75) is 65.7 Å². The lowest BCUT2D eigenvalue weighted by atomic mass is 9.95. The maximum absolute atomic E-state index is 13.7. The molecule has 0 saturated carbocycles. The Morgan fingerprint density at radius 1 is 0.881 bits per heavy atom. The Balaban J connectivity index is 0.000000230. The number of aromatic amines is 2. The summed E-state index contributed by atoms with van der Waals surface area (Å²) < 4.78 is 25.3. The summed E-state index contributed by atoms with van der Waals surface area (Å²) in [6.45, 7) is 11.7. The van der Waals surface area contributed by atoms with E-state index in [0.29, 0.717) is 32.5 Å². The summed E-state index contributed by atoms with van der Waals surface area (Å²) in [5.41, 5.74) is 4.06. The van der Waals surface area contributed by atoms with Gasteiger partial charge in [0.25, 0.3) is 0 Å². The number of aromatic nitrogens is 2. The Hall–Kier alpha value is -3.53. The third kappa shape index (κ3) is 8.06. The fraction of sp³-hybridized carbons (Fsp3) is 0.438. The highest BCUT2D eigenvalue weighted by Gasteiger charge is 2.18. The highest BCUT2D eigenvalue weighted by atomic mass is 79.9. The molecule has 42 heavy (non-hydrogen) atoms. The summed E-state index contributed by atoms with van der Waals surface area (Å²) in [5, 5.41) is 7.94. The van der Waals surface area contributed by atoms with Gasteiger partial charge >= 0.3 is 0 Å². The number of hydrogen-bond donors (Lipinski definition) is 4. The SMILES string of the molecule is CCC(=O)NCC(CC)c1c[nH]c2cc(F)c(OC)cc12.CCOc1cc2c(C(C)CNC(=O)CC)c[nH]c2cc1Br. The zero-order valence-corrected chi connectivity index (χ0v) is 26.8. The first-order valence-corrected chi connectivity index (χ1v) is 15.3. The van der Waals surface area contributed by atoms with Crippen molar-refractivity contribution in [1.82, 2.24) is 20.6 Å². The van der Waals surface area contributed by atoms with E-state index in [9.17, 15) is 14.0 Å². The lowest BCUT2D eigenvalue weighted by molar-refractivity contribution is -0.121. The van der Waals surface area contributed by atoms with E-state index >= 15 is 0 Å². The van der Waals surface area contributed by atoms with E-state index in [1.54, 1.807) is 6.07 Å². The van der Waals surface area contributed by atoms with E-state index in [2.05, 4.69) is 50.4 Å². The van der Waals surface area contributed by atoms with Crippen LogP contribution in [0.25, 0.3) is 21.8 Å². The highest BCUT2D eigenvalue weighted by molar-refractivity contribution is 9.10. The second-order valence-electron chi connectivity index (χ2n) is 10.1. The van der Waals surface area contributed by atoms with Gasteiger partial charge < -0.3 is 30.1 Å². The van der Waals surface area contributed by atoms with Crippen LogP contribution in [0.2, 0.25) is 0 Å². The minimum absolute atomic E-state index is 0.0388. The number of rotatable bonds is 12. The minimum Gasteiger partial charge on any atom is -0.494 e. The van der Waals surface area contributed by atoms with Gasteiger partial charge in [-0.3, -0.25) is 9.59 Å². The molecule has 4 aromatic rings. The van der Waals surface area contributed by atoms with Crippen molar-refractivity contribution in [2.75, 3.05) is 26.8 Å². The second kappa shape index (κ2) is 15.6. The number of fused-ring (bicyclic) bond motifs is 2. The van der Waals surface area contributed by atoms with Crippen molar-refractivity contribution in [3.8, 4) is 11.5 Å². The number of nitrogens with one attached hydrogen (secondary N) is 4. The highest BCUT2D eigenvalue weighted by Crippen LogP contribution is 2.34. The standard InChI is InChI=1S/C16H21BrN2O2.C16H21FN2O2/c1-4-16(20)19-8-10(3)12-9-18-14-7-13(17)15(21-5-2)6-11(12)14;1-4-10(8-19-16(20)5-2)12-9-18-14-7-13(17)15(21-3)6-11(12)14/h2*6-7,9-10,18H,4-5,8H2,1-3H3,(H,19,20). The molecule has 228 valence electrons. The smallest absolute Gasteiger partial charge is 0.219 e. The van der Waals surface area contributed by atoms with Crippen LogP contribution < -0.4 is 20.1 Å². The first kappa shape index (κ1) is 33.0. The summed E-state index contributed by atoms with van der Waals surface area (Å²) in [7, 11) is 1.45. The van der Waals surface area contributed by atoms with E-state index in [1.165, 1.54) is 18.7 Å². The van der Waals surface area contributed by atoms with Gasteiger partial charge in [-0.1, -0.05) is 27.7 Å². The van der Waals surface area contributed by atoms with E-state index in [4.69, 9.17) is 9.47 Å². The molecular weight excluding hydrogens is 603 g/mol. The van der Waals surface area contributed by atoms with Crippen LogP contribution in [0.3, 0.4) is 0 Å². The number of halogens is 2. The Kier molecular flexibility index (Phi) is 12.3. The zero-order chi connectivity index (χ0) is 30.8. The molecule has 4 rings (SSSR count). The average Bonchev–Trinajstić information content (AvgIpc) is 3.59. The Bertz CT molecular complexity index is 1500. The molecule has 2 heterocycles. The molecule has 0 aliphatic rings. The normalized spacial score (nSPS) is 12.4. The monoisotopic (exact) mass is 644 g/mol. The van der Waals surface area contributed by atoms with Gasteiger partial charge in [0.05, 0.1) is 18.2 Å². The molecule has 2 aromatic carbocycles. The van der Waals surface area contributed by atoms with Crippen LogP contribution in [0.4, 0.5) is 4.39 Å². The first-order valence-electron chi connectivity index (χ1n) is 14.5. The largest absolute Gasteiger partial charge is 0.494 e. The second-order valence-corrected chi connectivity index (χ2v) is 11.0. The van der Waals surface area contributed by atoms with Gasteiger partial charge in [0.15, 0.2) is 11.6 Å². The molecule has 2 amide bonds. The summed E-state index contributed by atoms with van der Waals surface area (Å²) in [5.74, 6) is 1.24. The number of hydrogen-bond acceptors (Lipinski definition) is 4. The molecular formula is C32H42BrFN4O4. The van der Waals surface area contributed by atoms with Crippen LogP contribution >= 0.6 is 15.9 Å². The Labute approximate surface area is 255 Å². The number of H-pyrrole nitrogens is 2. The van der Waals surface area contributed by atoms with Crippen molar-refractivity contribution < 1.29 is 23.5 Å². The fourth-order valence-corrected chi connectivity index (χ4v) is 5.25. The third-order valence-electron chi connectivity index (χ3n) is 7.31. The van der Waals surface area contributed by atoms with Crippen LogP contribution in [-0.4, -0.2) is 48.6 Å². The number of carbonyl (C=O) groups excluding carboxylic acids is 2. The predicted molar refractivity (Wildman–Crippen MR) is 170 cm³/mol. The molecule has 10 heteroatoms. The molecule has 0 aliphatic carbocycles. The molecule has 0 bridgehead atoms. The first-order chi connectivity index (χ1) is 20.2. The number of methoxy groups -OCH3 is 1. The Morgan fingerprint density at radius 3 is 2.05 bits per heavy atom. The van der Waals surface area contributed by atoms with Crippen molar-refractivity contribution in [2.24, 2.45) is 0 Å². The summed E-state index contributed by atoms with van der Waals surface area (Å²) in [4.78, 5) is 29.2. The lowest BCUT2D eigenvalue weighted by Gasteiger charge is -2.15. The zero-order valence-electron chi connectivity index (χ0n) is 25.3. The van der Waals surface area contributed by atoms with E-state index in [0.717, 1.165) is 44.0 Å². The summed E-state index contributed by atoms with van der Waals surface area (Å²) in [6, 6.07) is 7.23. The van der Waals surface area contributed by atoms with Crippen molar-refractivity contribution in [1.29, 1.82) is 0 Å². The molecule has 0 aliphatic heterocycles. The van der Waals surface area contributed by atoms with Gasteiger partial charge in [-0.25, -0.2) is 4.39 Å². The van der Waals surface area contributed by atoms with Gasteiger partial charge in [-0.05, 0) is 58.6 Å². The average molecular weight is 646 g/mol. The third-order valence-corrected chi connectivity index (χ3v) is 7.93. The summed E-state index contributed by atoms with van der Waals surface area (Å²) >= 11 is 3.52. The summed E-state index contributed by atoms with van der Waals surface area (Å²) in [6.07, 6.45) is 5.77. The van der Waals surface area contributed by atoms with Crippen LogP contribution in [0.5, 0.6) is 11.5 Å². The minimum atomic E-state index is -0.384. The van der Waals surface area contributed by atoms with Gasteiger partial charge in [0.2, 0.25) is 11.8 Å². The molecule has 2 aromatic heterocycles. The van der Waals surface area contributed by atoms with Gasteiger partial charge in [0.1, 0.15) is 5.75 Å². The molecule has 0 radical (unpaired) electrons. The molecule has 8 nitrogen and oxygen atoms in total. The molecule has 0 saturated heterocycles. The molecule has 4 N–H and O–H groups in total. The van der Waals surface area contributed by atoms with Gasteiger partial charge in [-0.15, -0.1) is 0 Å². The van der Waals surface area contributed by atoms with Gasteiger partial charge in [-0.2, -0.15) is 0 Å². The number of benzene rings is 2. The molecule has 0 spiro atoms. The molecule has 2 unspecified atom stereocenters. The predicted octanol–water partition coefficient (Wildman–Crippen LogP) is 7.29. The molecule has 0 fully saturated rings. The Morgan fingerprint density at radius 2 is 1.45 bits per heavy atom. The quantitative estimate of drug-likeness (QED) is 0.130. The number of amides is 2. The molecule has 2 atom stereocenters. The van der Waals surface area contributed by atoms with Crippen LogP contribution in [0, 0.1) is 5.82 Å². The number of carbonyl (C=O) groups is 2. The van der Waals surface area contributed by atoms with E-state index in [-0.39, 0.29) is 35.2 Å². The topological polar surface area (TPSA) is 108 Å². The van der Waals surface area contributed by atoms with Crippen molar-refractivity contribution in [3.63, 3.8) is 0 Å². The maximum atomic E-state index is 13.7. The van der Waals surface area contributed by atoms with Crippen LogP contribution in [-0.2, 0) is 9.59 Å². The van der Waals surface area contributed by atoms with E-state index < -0.39 is 0 Å².